The van der Waals surface area contributed by atoms with Crippen LogP contribution in [0.5, 0.6) is 0 Å². The zero-order valence-electron chi connectivity index (χ0n) is 11.0. The predicted molar refractivity (Wildman–Crippen MR) is 65.2 cm³/mol. The number of ether oxygens (including phenoxy) is 1. The van der Waals surface area contributed by atoms with E-state index in [0.29, 0.717) is 18.3 Å². The minimum absolute atomic E-state index is 0.0227. The van der Waals surface area contributed by atoms with Crippen molar-refractivity contribution in [2.75, 3.05) is 6.61 Å². The Morgan fingerprint density at radius 1 is 1.44 bits per heavy atom. The Balaban J connectivity index is 2.03. The summed E-state index contributed by atoms with van der Waals surface area (Å²) in [5, 5.41) is 3.92. The molecule has 0 N–H and O–H groups in total. The second-order valence-electron chi connectivity index (χ2n) is 4.82. The molecular weight excluding hydrogens is 232 g/mol. The van der Waals surface area contributed by atoms with E-state index in [1.165, 1.54) is 19.3 Å². The number of carbonyl (C=O) groups is 1. The average Bonchev–Trinajstić information content (AvgIpc) is 2.89. The maximum atomic E-state index is 11.4. The second kappa shape index (κ2) is 5.98. The van der Waals surface area contributed by atoms with Crippen LogP contribution in [0, 0.1) is 5.92 Å². The van der Waals surface area contributed by atoms with Crippen molar-refractivity contribution >= 4 is 5.97 Å². The van der Waals surface area contributed by atoms with Crippen LogP contribution in [0.3, 0.4) is 0 Å². The fourth-order valence-corrected chi connectivity index (χ4v) is 2.57. The Kier molecular flexibility index (Phi) is 4.33. The lowest BCUT2D eigenvalue weighted by Gasteiger charge is -2.26. The van der Waals surface area contributed by atoms with Gasteiger partial charge in [-0.25, -0.2) is 4.79 Å². The summed E-state index contributed by atoms with van der Waals surface area (Å²) in [4.78, 5) is 15.6. The van der Waals surface area contributed by atoms with Gasteiger partial charge in [0.2, 0.25) is 0 Å². The molecule has 100 valence electrons. The van der Waals surface area contributed by atoms with Crippen LogP contribution in [0.1, 0.15) is 68.4 Å². The Morgan fingerprint density at radius 2 is 2.28 bits per heavy atom. The molecule has 1 heterocycles. The Morgan fingerprint density at radius 3 is 3.00 bits per heavy atom. The first-order chi connectivity index (χ1) is 8.74. The first-order valence-electron chi connectivity index (χ1n) is 6.75. The summed E-state index contributed by atoms with van der Waals surface area (Å²) in [6.45, 7) is 4.29. The lowest BCUT2D eigenvalue weighted by atomic mass is 9.80. The third kappa shape index (κ3) is 2.89. The SMILES string of the molecule is CCOC(=O)c1nc(C2CCCC(CC)C2)no1. The van der Waals surface area contributed by atoms with E-state index < -0.39 is 5.97 Å². The van der Waals surface area contributed by atoms with E-state index in [0.717, 1.165) is 18.8 Å². The second-order valence-corrected chi connectivity index (χ2v) is 4.82. The fourth-order valence-electron chi connectivity index (χ4n) is 2.57. The van der Waals surface area contributed by atoms with Gasteiger partial charge in [-0.15, -0.1) is 0 Å². The van der Waals surface area contributed by atoms with Crippen LogP contribution in [0.25, 0.3) is 0 Å². The van der Waals surface area contributed by atoms with Crippen molar-refractivity contribution in [3.63, 3.8) is 0 Å². The smallest absolute Gasteiger partial charge is 0.397 e. The van der Waals surface area contributed by atoms with Gasteiger partial charge in [0.05, 0.1) is 6.61 Å². The first kappa shape index (κ1) is 13.1. The van der Waals surface area contributed by atoms with Crippen molar-refractivity contribution in [1.29, 1.82) is 0 Å². The van der Waals surface area contributed by atoms with Crippen LogP contribution >= 0.6 is 0 Å². The highest BCUT2D eigenvalue weighted by Gasteiger charge is 2.27. The molecule has 0 bridgehead atoms. The van der Waals surface area contributed by atoms with Crippen molar-refractivity contribution in [3.8, 4) is 0 Å². The van der Waals surface area contributed by atoms with E-state index >= 15 is 0 Å². The topological polar surface area (TPSA) is 65.2 Å². The predicted octanol–water partition coefficient (Wildman–Crippen LogP) is 2.93. The van der Waals surface area contributed by atoms with Gasteiger partial charge in [0.15, 0.2) is 5.82 Å². The Hall–Kier alpha value is -1.39. The molecule has 5 heteroatoms. The third-order valence-electron chi connectivity index (χ3n) is 3.62. The van der Waals surface area contributed by atoms with Gasteiger partial charge in [-0.1, -0.05) is 31.3 Å². The molecule has 0 spiro atoms. The van der Waals surface area contributed by atoms with Crippen molar-refractivity contribution in [3.05, 3.63) is 11.7 Å². The number of aromatic nitrogens is 2. The van der Waals surface area contributed by atoms with E-state index in [9.17, 15) is 4.79 Å². The van der Waals surface area contributed by atoms with Crippen molar-refractivity contribution in [2.45, 2.75) is 51.9 Å². The molecule has 1 fully saturated rings. The van der Waals surface area contributed by atoms with Crippen molar-refractivity contribution < 1.29 is 14.1 Å². The minimum atomic E-state index is -0.529. The maximum absolute atomic E-state index is 11.4. The van der Waals surface area contributed by atoms with E-state index in [-0.39, 0.29) is 5.89 Å². The van der Waals surface area contributed by atoms with Gasteiger partial charge in [-0.3, -0.25) is 0 Å². The van der Waals surface area contributed by atoms with Crippen LogP contribution in [0.2, 0.25) is 0 Å². The summed E-state index contributed by atoms with van der Waals surface area (Å²) < 4.78 is 9.80. The largest absolute Gasteiger partial charge is 0.459 e. The molecule has 2 atom stereocenters. The Bertz CT molecular complexity index is 403. The number of rotatable bonds is 4. The molecule has 0 amide bonds. The highest BCUT2D eigenvalue weighted by Crippen LogP contribution is 2.36. The average molecular weight is 252 g/mol. The number of hydrogen-bond acceptors (Lipinski definition) is 5. The zero-order valence-corrected chi connectivity index (χ0v) is 11.0. The zero-order chi connectivity index (χ0) is 13.0. The van der Waals surface area contributed by atoms with Gasteiger partial charge in [0.1, 0.15) is 0 Å². The quantitative estimate of drug-likeness (QED) is 0.771. The first-order valence-corrected chi connectivity index (χ1v) is 6.75. The molecule has 1 saturated carbocycles. The standard InChI is InChI=1S/C13H20N2O3/c1-3-9-6-5-7-10(8-9)11-14-12(18-15-11)13(16)17-4-2/h9-10H,3-8H2,1-2H3. The molecule has 1 aromatic rings. The monoisotopic (exact) mass is 252 g/mol. The van der Waals surface area contributed by atoms with E-state index in [2.05, 4.69) is 17.1 Å². The molecule has 2 rings (SSSR count). The van der Waals surface area contributed by atoms with Crippen LogP contribution in [-0.2, 0) is 4.74 Å². The molecule has 5 nitrogen and oxygen atoms in total. The lowest BCUT2D eigenvalue weighted by molar-refractivity contribution is 0.0470. The molecule has 18 heavy (non-hydrogen) atoms. The summed E-state index contributed by atoms with van der Waals surface area (Å²) in [5.74, 6) is 1.18. The number of hydrogen-bond donors (Lipinski definition) is 0. The van der Waals surface area contributed by atoms with Gasteiger partial charge in [-0.05, 0) is 25.7 Å². The normalized spacial score (nSPS) is 23.9. The summed E-state index contributed by atoms with van der Waals surface area (Å²) in [6, 6.07) is 0. The molecular formula is C13H20N2O3. The lowest BCUT2D eigenvalue weighted by Crippen LogP contribution is -2.15. The summed E-state index contributed by atoms with van der Waals surface area (Å²) >= 11 is 0. The van der Waals surface area contributed by atoms with E-state index in [1.54, 1.807) is 6.92 Å². The number of esters is 1. The van der Waals surface area contributed by atoms with Crippen LogP contribution < -0.4 is 0 Å². The molecule has 0 radical (unpaired) electrons. The molecule has 1 aliphatic carbocycles. The fraction of sp³-hybridized carbons (Fsp3) is 0.769. The number of nitrogens with zero attached hydrogens (tertiary/aromatic N) is 2. The van der Waals surface area contributed by atoms with Crippen LogP contribution in [0.15, 0.2) is 4.52 Å². The van der Waals surface area contributed by atoms with Gasteiger partial charge < -0.3 is 9.26 Å². The summed E-state index contributed by atoms with van der Waals surface area (Å²) in [7, 11) is 0. The van der Waals surface area contributed by atoms with Crippen LogP contribution in [0.4, 0.5) is 0 Å². The molecule has 0 aromatic carbocycles. The maximum Gasteiger partial charge on any atom is 0.397 e. The van der Waals surface area contributed by atoms with Crippen molar-refractivity contribution in [2.24, 2.45) is 5.92 Å². The van der Waals surface area contributed by atoms with Gasteiger partial charge in [0.25, 0.3) is 0 Å². The molecule has 1 aromatic heterocycles. The minimum Gasteiger partial charge on any atom is -0.459 e. The molecule has 0 aliphatic heterocycles. The van der Waals surface area contributed by atoms with E-state index in [4.69, 9.17) is 9.26 Å². The molecule has 1 aliphatic rings. The summed E-state index contributed by atoms with van der Waals surface area (Å²) in [6.07, 6.45) is 5.86. The molecule has 2 unspecified atom stereocenters. The number of carbonyl (C=O) groups excluding carboxylic acids is 1. The summed E-state index contributed by atoms with van der Waals surface area (Å²) in [5.41, 5.74) is 0. The van der Waals surface area contributed by atoms with Gasteiger partial charge in [-0.2, -0.15) is 4.98 Å². The molecule has 0 saturated heterocycles. The van der Waals surface area contributed by atoms with Gasteiger partial charge >= 0.3 is 11.9 Å². The van der Waals surface area contributed by atoms with E-state index in [1.807, 2.05) is 0 Å². The highest BCUT2D eigenvalue weighted by molar-refractivity contribution is 5.83. The van der Waals surface area contributed by atoms with Crippen LogP contribution in [-0.4, -0.2) is 22.7 Å². The third-order valence-corrected chi connectivity index (χ3v) is 3.62. The van der Waals surface area contributed by atoms with Gasteiger partial charge in [0, 0.05) is 5.92 Å². The van der Waals surface area contributed by atoms with Crippen molar-refractivity contribution in [1.82, 2.24) is 10.1 Å². The Labute approximate surface area is 107 Å². The highest BCUT2D eigenvalue weighted by atomic mass is 16.6.